The third-order valence-corrected chi connectivity index (χ3v) is 3.31. The first-order valence-electron chi connectivity index (χ1n) is 6.63. The van der Waals surface area contributed by atoms with Crippen LogP contribution in [0.25, 0.3) is 0 Å². The number of nitrogens with one attached hydrogen (secondary N) is 2. The molecule has 2 N–H and O–H groups in total. The number of piperidine rings is 1. The van der Waals surface area contributed by atoms with Gasteiger partial charge in [-0.25, -0.2) is 0 Å². The number of carbonyl (C=O) groups excluding carboxylic acids is 1. The van der Waals surface area contributed by atoms with Crippen LogP contribution in [0.1, 0.15) is 19.8 Å². The van der Waals surface area contributed by atoms with Crippen LogP contribution in [-0.2, 0) is 4.79 Å². The Morgan fingerprint density at radius 2 is 2.30 bits per heavy atom. The van der Waals surface area contributed by atoms with Crippen molar-refractivity contribution in [2.45, 2.75) is 32.4 Å². The molecule has 1 heterocycles. The summed E-state index contributed by atoms with van der Waals surface area (Å²) in [5.74, 6) is 0.383. The van der Waals surface area contributed by atoms with Crippen LogP contribution in [0.5, 0.6) is 5.75 Å². The number of alkyl halides is 2. The molecule has 0 radical (unpaired) electrons. The van der Waals surface area contributed by atoms with E-state index in [1.807, 2.05) is 0 Å². The summed E-state index contributed by atoms with van der Waals surface area (Å²) < 4.78 is 28.6. The number of anilines is 1. The van der Waals surface area contributed by atoms with Crippen LogP contribution in [0.3, 0.4) is 0 Å². The number of hydrogen-bond donors (Lipinski definition) is 2. The van der Waals surface area contributed by atoms with Gasteiger partial charge in [-0.3, -0.25) is 4.79 Å². The second-order valence-corrected chi connectivity index (χ2v) is 5.03. The monoisotopic (exact) mass is 284 g/mol. The first-order chi connectivity index (χ1) is 9.54. The molecule has 0 saturated carbocycles. The van der Waals surface area contributed by atoms with Gasteiger partial charge in [0.15, 0.2) is 0 Å². The zero-order valence-electron chi connectivity index (χ0n) is 11.2. The molecule has 1 fully saturated rings. The van der Waals surface area contributed by atoms with Crippen LogP contribution >= 0.6 is 0 Å². The molecule has 1 amide bonds. The van der Waals surface area contributed by atoms with Crippen molar-refractivity contribution >= 4 is 11.6 Å². The number of rotatable bonds is 4. The predicted octanol–water partition coefficient (Wildman–Crippen LogP) is 2.61. The summed E-state index contributed by atoms with van der Waals surface area (Å²) in [5.41, 5.74) is 0.452. The lowest BCUT2D eigenvalue weighted by Gasteiger charge is -2.27. The van der Waals surface area contributed by atoms with Crippen molar-refractivity contribution < 1.29 is 18.3 Å². The largest absolute Gasteiger partial charge is 0.435 e. The van der Waals surface area contributed by atoms with E-state index in [1.54, 1.807) is 12.1 Å². The van der Waals surface area contributed by atoms with Gasteiger partial charge in [0.1, 0.15) is 5.75 Å². The van der Waals surface area contributed by atoms with E-state index < -0.39 is 6.61 Å². The number of ether oxygens (including phenoxy) is 1. The van der Waals surface area contributed by atoms with Gasteiger partial charge in [-0.05, 0) is 37.4 Å². The number of halogens is 2. The minimum absolute atomic E-state index is 0.0303. The van der Waals surface area contributed by atoms with E-state index in [1.165, 1.54) is 12.1 Å². The van der Waals surface area contributed by atoms with E-state index >= 15 is 0 Å². The zero-order valence-corrected chi connectivity index (χ0v) is 11.2. The molecule has 2 unspecified atom stereocenters. The van der Waals surface area contributed by atoms with Gasteiger partial charge >= 0.3 is 6.61 Å². The van der Waals surface area contributed by atoms with E-state index in [0.29, 0.717) is 11.6 Å². The summed E-state index contributed by atoms with van der Waals surface area (Å²) in [7, 11) is 0. The lowest BCUT2D eigenvalue weighted by molar-refractivity contribution is -0.119. The third kappa shape index (κ3) is 4.16. The van der Waals surface area contributed by atoms with Gasteiger partial charge < -0.3 is 15.4 Å². The molecule has 4 nitrogen and oxygen atoms in total. The summed E-state index contributed by atoms with van der Waals surface area (Å²) in [4.78, 5) is 12.1. The van der Waals surface area contributed by atoms with Gasteiger partial charge in [0.25, 0.3) is 0 Å². The summed E-state index contributed by atoms with van der Waals surface area (Å²) >= 11 is 0. The summed E-state index contributed by atoms with van der Waals surface area (Å²) in [5, 5.41) is 5.87. The van der Waals surface area contributed by atoms with Crippen molar-refractivity contribution in [3.63, 3.8) is 0 Å². The Hall–Kier alpha value is -1.69. The fraction of sp³-hybridized carbons (Fsp3) is 0.500. The number of benzene rings is 1. The maximum atomic E-state index is 12.1. The number of hydrogen-bond acceptors (Lipinski definition) is 3. The fourth-order valence-corrected chi connectivity index (χ4v) is 2.29. The quantitative estimate of drug-likeness (QED) is 0.893. The third-order valence-electron chi connectivity index (χ3n) is 3.31. The minimum Gasteiger partial charge on any atom is -0.435 e. The van der Waals surface area contributed by atoms with Crippen LogP contribution in [0.15, 0.2) is 24.3 Å². The number of carbonyl (C=O) groups is 1. The van der Waals surface area contributed by atoms with E-state index in [4.69, 9.17) is 0 Å². The molecule has 1 aliphatic heterocycles. The maximum absolute atomic E-state index is 12.1. The van der Waals surface area contributed by atoms with Crippen LogP contribution in [0.2, 0.25) is 0 Å². The van der Waals surface area contributed by atoms with Gasteiger partial charge in [-0.15, -0.1) is 0 Å². The first-order valence-corrected chi connectivity index (χ1v) is 6.63. The van der Waals surface area contributed by atoms with Crippen molar-refractivity contribution in [2.75, 3.05) is 11.9 Å². The normalized spacial score (nSPS) is 22.6. The molecule has 110 valence electrons. The molecular weight excluding hydrogens is 266 g/mol. The molecule has 20 heavy (non-hydrogen) atoms. The topological polar surface area (TPSA) is 50.4 Å². The molecule has 0 bridgehead atoms. The molecule has 1 aliphatic rings. The van der Waals surface area contributed by atoms with Gasteiger partial charge in [-0.2, -0.15) is 8.78 Å². The Balaban J connectivity index is 1.96. The van der Waals surface area contributed by atoms with Crippen LogP contribution in [0, 0.1) is 5.92 Å². The molecule has 0 aliphatic carbocycles. The van der Waals surface area contributed by atoms with Crippen molar-refractivity contribution in [3.8, 4) is 5.75 Å². The molecule has 6 heteroatoms. The summed E-state index contributed by atoms with van der Waals surface area (Å²) in [6, 6.07) is 5.77. The standard InChI is InChI=1S/C14H18F2N2O2/c1-9-5-6-17-12(7-9)13(19)18-10-3-2-4-11(8-10)20-14(15)16/h2-4,8-9,12,14,17H,5-7H2,1H3,(H,18,19). The molecule has 1 saturated heterocycles. The minimum atomic E-state index is -2.87. The maximum Gasteiger partial charge on any atom is 0.387 e. The number of amides is 1. The van der Waals surface area contributed by atoms with E-state index in [-0.39, 0.29) is 17.7 Å². The molecule has 1 aromatic carbocycles. The van der Waals surface area contributed by atoms with Crippen molar-refractivity contribution in [1.29, 1.82) is 0 Å². The molecule has 1 aromatic rings. The smallest absolute Gasteiger partial charge is 0.387 e. The van der Waals surface area contributed by atoms with Crippen LogP contribution < -0.4 is 15.4 Å². The van der Waals surface area contributed by atoms with Crippen molar-refractivity contribution in [1.82, 2.24) is 5.32 Å². The Labute approximate surface area is 116 Å². The molecule has 0 spiro atoms. The van der Waals surface area contributed by atoms with Crippen molar-refractivity contribution in [3.05, 3.63) is 24.3 Å². The van der Waals surface area contributed by atoms with Crippen molar-refractivity contribution in [2.24, 2.45) is 5.92 Å². The highest BCUT2D eigenvalue weighted by molar-refractivity contribution is 5.95. The fourth-order valence-electron chi connectivity index (χ4n) is 2.29. The van der Waals surface area contributed by atoms with E-state index in [0.717, 1.165) is 19.4 Å². The van der Waals surface area contributed by atoms with Crippen LogP contribution in [0.4, 0.5) is 14.5 Å². The van der Waals surface area contributed by atoms with E-state index in [9.17, 15) is 13.6 Å². The average molecular weight is 284 g/mol. The summed E-state index contributed by atoms with van der Waals surface area (Å²) in [6.07, 6.45) is 1.83. The predicted molar refractivity (Wildman–Crippen MR) is 71.9 cm³/mol. The highest BCUT2D eigenvalue weighted by Gasteiger charge is 2.24. The van der Waals surface area contributed by atoms with Gasteiger partial charge in [0, 0.05) is 11.8 Å². The highest BCUT2D eigenvalue weighted by Crippen LogP contribution is 2.21. The lowest BCUT2D eigenvalue weighted by atomic mass is 9.94. The van der Waals surface area contributed by atoms with Gasteiger partial charge in [0.2, 0.25) is 5.91 Å². The lowest BCUT2D eigenvalue weighted by Crippen LogP contribution is -2.45. The second kappa shape index (κ2) is 6.65. The Morgan fingerprint density at radius 1 is 1.50 bits per heavy atom. The SMILES string of the molecule is CC1CCNC(C(=O)Nc2cccc(OC(F)F)c2)C1. The second-order valence-electron chi connectivity index (χ2n) is 5.03. The molecular formula is C14H18F2N2O2. The Bertz CT molecular complexity index is 468. The average Bonchev–Trinajstić information content (AvgIpc) is 2.38. The molecule has 2 atom stereocenters. The van der Waals surface area contributed by atoms with E-state index in [2.05, 4.69) is 22.3 Å². The Kier molecular flexibility index (Phi) is 4.89. The molecule has 2 rings (SSSR count). The molecule has 0 aromatic heterocycles. The highest BCUT2D eigenvalue weighted by atomic mass is 19.3. The zero-order chi connectivity index (χ0) is 14.5. The summed E-state index contributed by atoms with van der Waals surface area (Å²) in [6.45, 7) is 0.0493. The van der Waals surface area contributed by atoms with Crippen LogP contribution in [-0.4, -0.2) is 25.1 Å². The Morgan fingerprint density at radius 3 is 3.00 bits per heavy atom. The first kappa shape index (κ1) is 14.7. The van der Waals surface area contributed by atoms with Gasteiger partial charge in [0.05, 0.1) is 6.04 Å². The van der Waals surface area contributed by atoms with Gasteiger partial charge in [-0.1, -0.05) is 13.0 Å².